The van der Waals surface area contributed by atoms with E-state index in [1.54, 1.807) is 17.6 Å². The number of carbonyl (C=O) groups is 1. The van der Waals surface area contributed by atoms with Crippen LogP contribution in [-0.4, -0.2) is 26.4 Å². The summed E-state index contributed by atoms with van der Waals surface area (Å²) >= 11 is 1.22. The van der Waals surface area contributed by atoms with Crippen molar-refractivity contribution < 1.29 is 18.3 Å². The highest BCUT2D eigenvalue weighted by Crippen LogP contribution is 2.27. The lowest BCUT2D eigenvalue weighted by Crippen LogP contribution is -2.16. The smallest absolute Gasteiger partial charge is 0.234 e. The first kappa shape index (κ1) is 23.5. The maximum Gasteiger partial charge on any atom is 0.234 e. The zero-order chi connectivity index (χ0) is 23.3. The van der Waals surface area contributed by atoms with Crippen LogP contribution in [0.15, 0.2) is 54.2 Å². The normalized spacial score (nSPS) is 11.8. The predicted molar refractivity (Wildman–Crippen MR) is 121 cm³/mol. The number of ether oxygens (including phenoxy) is 1. The van der Waals surface area contributed by atoms with Crippen molar-refractivity contribution in [3.63, 3.8) is 0 Å². The van der Waals surface area contributed by atoms with E-state index in [1.807, 2.05) is 32.0 Å². The highest BCUT2D eigenvalue weighted by Gasteiger charge is 2.21. The van der Waals surface area contributed by atoms with E-state index in [0.717, 1.165) is 28.9 Å². The Morgan fingerprint density at radius 1 is 1.22 bits per heavy atom. The summed E-state index contributed by atoms with van der Waals surface area (Å²) in [5.41, 5.74) is 2.87. The zero-order valence-corrected chi connectivity index (χ0v) is 18.9. The van der Waals surface area contributed by atoms with Crippen LogP contribution in [0.4, 0.5) is 14.5 Å². The fourth-order valence-electron chi connectivity index (χ4n) is 3.20. The minimum Gasteiger partial charge on any atom is -0.480 e. The summed E-state index contributed by atoms with van der Waals surface area (Å²) < 4.78 is 34.4. The first-order chi connectivity index (χ1) is 15.3. The Morgan fingerprint density at radius 2 is 1.94 bits per heavy atom. The number of aromatic nitrogens is 3. The molecule has 1 atom stereocenters. The minimum atomic E-state index is -0.802. The number of carbonyl (C=O) groups excluding carboxylic acids is 1. The van der Waals surface area contributed by atoms with Gasteiger partial charge >= 0.3 is 0 Å². The standard InChI is InChI=1S/C23H24F2N4O2S/c1-5-8-29-22(16(4)31-20-7-6-17(24)12-19(20)25)27-28-23(29)32-13-21(30)26-18-10-14(2)9-15(3)11-18/h5-7,9-12,16H,1,8,13H2,2-4H3,(H,26,30). The van der Waals surface area contributed by atoms with Crippen LogP contribution in [-0.2, 0) is 11.3 Å². The highest BCUT2D eigenvalue weighted by atomic mass is 32.2. The summed E-state index contributed by atoms with van der Waals surface area (Å²) in [6.07, 6.45) is 0.999. The van der Waals surface area contributed by atoms with Gasteiger partial charge in [0, 0.05) is 18.3 Å². The summed E-state index contributed by atoms with van der Waals surface area (Å²) in [5, 5.41) is 11.7. The summed E-state index contributed by atoms with van der Waals surface area (Å²) in [4.78, 5) is 12.4. The number of allylic oxidation sites excluding steroid dienone is 1. The van der Waals surface area contributed by atoms with Gasteiger partial charge in [0.1, 0.15) is 5.82 Å². The fraction of sp³-hybridized carbons (Fsp3) is 0.261. The van der Waals surface area contributed by atoms with E-state index >= 15 is 0 Å². The number of anilines is 1. The van der Waals surface area contributed by atoms with Crippen molar-refractivity contribution in [3.05, 3.63) is 77.6 Å². The Balaban J connectivity index is 1.69. The summed E-state index contributed by atoms with van der Waals surface area (Å²) in [6, 6.07) is 8.94. The summed E-state index contributed by atoms with van der Waals surface area (Å²) in [5.74, 6) is -1.18. The molecule has 2 aromatic carbocycles. The van der Waals surface area contributed by atoms with Crippen LogP contribution in [0.2, 0.25) is 0 Å². The molecule has 1 amide bonds. The van der Waals surface area contributed by atoms with Crippen molar-refractivity contribution >= 4 is 23.4 Å². The van der Waals surface area contributed by atoms with Gasteiger partial charge in [0.05, 0.1) is 5.75 Å². The molecule has 1 N–H and O–H groups in total. The minimum absolute atomic E-state index is 0.0888. The molecule has 1 unspecified atom stereocenters. The van der Waals surface area contributed by atoms with E-state index in [9.17, 15) is 13.6 Å². The number of thioether (sulfide) groups is 1. The first-order valence-corrected chi connectivity index (χ1v) is 10.9. The van der Waals surface area contributed by atoms with Gasteiger partial charge in [-0.05, 0) is 56.2 Å². The molecule has 3 aromatic rings. The Kier molecular flexibility index (Phi) is 7.63. The molecule has 1 aromatic heterocycles. The molecule has 0 aliphatic heterocycles. The molecule has 0 radical (unpaired) electrons. The third-order valence-electron chi connectivity index (χ3n) is 4.46. The SMILES string of the molecule is C=CCn1c(SCC(=O)Nc2cc(C)cc(C)c2)nnc1C(C)Oc1ccc(F)cc1F. The van der Waals surface area contributed by atoms with Crippen LogP contribution >= 0.6 is 11.8 Å². The van der Waals surface area contributed by atoms with Gasteiger partial charge in [-0.15, -0.1) is 16.8 Å². The lowest BCUT2D eigenvalue weighted by Gasteiger charge is -2.16. The number of rotatable bonds is 9. The first-order valence-electron chi connectivity index (χ1n) is 9.93. The van der Waals surface area contributed by atoms with Gasteiger partial charge in [0.15, 0.2) is 28.7 Å². The van der Waals surface area contributed by atoms with E-state index in [1.165, 1.54) is 17.8 Å². The molecule has 0 spiro atoms. The summed E-state index contributed by atoms with van der Waals surface area (Å²) in [7, 11) is 0. The quantitative estimate of drug-likeness (QED) is 0.351. The molecule has 0 saturated heterocycles. The largest absolute Gasteiger partial charge is 0.480 e. The topological polar surface area (TPSA) is 69.0 Å². The maximum absolute atomic E-state index is 13.9. The monoisotopic (exact) mass is 458 g/mol. The van der Waals surface area contributed by atoms with Crippen LogP contribution < -0.4 is 10.1 Å². The van der Waals surface area contributed by atoms with Crippen molar-refractivity contribution in [1.29, 1.82) is 0 Å². The highest BCUT2D eigenvalue weighted by molar-refractivity contribution is 7.99. The van der Waals surface area contributed by atoms with Gasteiger partial charge in [0.2, 0.25) is 5.91 Å². The zero-order valence-electron chi connectivity index (χ0n) is 18.1. The molecular formula is C23H24F2N4O2S. The van der Waals surface area contributed by atoms with Gasteiger partial charge in [0.25, 0.3) is 0 Å². The second-order valence-corrected chi connectivity index (χ2v) is 8.23. The van der Waals surface area contributed by atoms with Gasteiger partial charge in [-0.25, -0.2) is 8.78 Å². The molecule has 0 fully saturated rings. The number of hydrogen-bond acceptors (Lipinski definition) is 5. The molecular weight excluding hydrogens is 434 g/mol. The number of benzene rings is 2. The average molecular weight is 459 g/mol. The van der Waals surface area contributed by atoms with Gasteiger partial charge in [-0.2, -0.15) is 0 Å². The van der Waals surface area contributed by atoms with Crippen molar-refractivity contribution in [3.8, 4) is 5.75 Å². The second kappa shape index (κ2) is 10.4. The number of nitrogens with zero attached hydrogens (tertiary/aromatic N) is 3. The predicted octanol–water partition coefficient (Wildman–Crippen LogP) is 5.23. The fourth-order valence-corrected chi connectivity index (χ4v) is 3.95. The van der Waals surface area contributed by atoms with E-state index in [2.05, 4.69) is 22.1 Å². The molecule has 168 valence electrons. The van der Waals surface area contributed by atoms with Crippen molar-refractivity contribution in [2.24, 2.45) is 0 Å². The molecule has 0 aliphatic rings. The Morgan fingerprint density at radius 3 is 2.59 bits per heavy atom. The molecule has 6 nitrogen and oxygen atoms in total. The van der Waals surface area contributed by atoms with E-state index in [-0.39, 0.29) is 17.4 Å². The van der Waals surface area contributed by atoms with Gasteiger partial charge < -0.3 is 10.1 Å². The van der Waals surface area contributed by atoms with Crippen LogP contribution in [0.25, 0.3) is 0 Å². The maximum atomic E-state index is 13.9. The van der Waals surface area contributed by atoms with E-state index in [4.69, 9.17) is 4.74 Å². The molecule has 32 heavy (non-hydrogen) atoms. The Labute approximate surface area is 189 Å². The number of hydrogen-bond donors (Lipinski definition) is 1. The third-order valence-corrected chi connectivity index (χ3v) is 5.42. The number of aryl methyl sites for hydroxylation is 2. The Bertz CT molecular complexity index is 1110. The Hall–Kier alpha value is -3.20. The second-order valence-electron chi connectivity index (χ2n) is 7.29. The lowest BCUT2D eigenvalue weighted by molar-refractivity contribution is -0.113. The molecule has 9 heteroatoms. The molecule has 0 bridgehead atoms. The number of amides is 1. The van der Waals surface area contributed by atoms with E-state index in [0.29, 0.717) is 17.5 Å². The van der Waals surface area contributed by atoms with Crippen molar-refractivity contribution in [2.75, 3.05) is 11.1 Å². The average Bonchev–Trinajstić information content (AvgIpc) is 3.11. The molecule has 0 saturated carbocycles. The summed E-state index contributed by atoms with van der Waals surface area (Å²) in [6.45, 7) is 9.75. The third kappa shape index (κ3) is 5.94. The van der Waals surface area contributed by atoms with Crippen molar-refractivity contribution in [2.45, 2.75) is 38.6 Å². The van der Waals surface area contributed by atoms with Gasteiger partial charge in [-0.3, -0.25) is 9.36 Å². The van der Waals surface area contributed by atoms with Crippen molar-refractivity contribution in [1.82, 2.24) is 14.8 Å². The molecule has 3 rings (SSSR count). The van der Waals surface area contributed by atoms with Crippen LogP contribution in [0.1, 0.15) is 30.0 Å². The lowest BCUT2D eigenvalue weighted by atomic mass is 10.1. The molecule has 1 heterocycles. The number of nitrogens with one attached hydrogen (secondary N) is 1. The van der Waals surface area contributed by atoms with Gasteiger partial charge in [-0.1, -0.05) is 23.9 Å². The van der Waals surface area contributed by atoms with E-state index < -0.39 is 17.7 Å². The van der Waals surface area contributed by atoms with Crippen LogP contribution in [0, 0.1) is 25.5 Å². The number of halogens is 2. The molecule has 0 aliphatic carbocycles. The van der Waals surface area contributed by atoms with Crippen LogP contribution in [0.3, 0.4) is 0 Å². The van der Waals surface area contributed by atoms with Crippen LogP contribution in [0.5, 0.6) is 5.75 Å².